The van der Waals surface area contributed by atoms with E-state index >= 15 is 0 Å². The first-order chi connectivity index (χ1) is 21.1. The third-order valence-corrected chi connectivity index (χ3v) is 7.12. The Kier molecular flexibility index (Phi) is 11.5. The van der Waals surface area contributed by atoms with Crippen LogP contribution in [0, 0.1) is 5.82 Å². The highest BCUT2D eigenvalue weighted by Gasteiger charge is 2.29. The molecular weight excluding hydrogens is 584 g/mol. The zero-order valence-corrected chi connectivity index (χ0v) is 24.0. The van der Waals surface area contributed by atoms with Crippen molar-refractivity contribution in [2.45, 2.75) is 43.5 Å². The van der Waals surface area contributed by atoms with Crippen molar-refractivity contribution in [1.29, 1.82) is 0 Å². The fourth-order valence-corrected chi connectivity index (χ4v) is 4.83. The molecule has 2 aromatic carbocycles. The van der Waals surface area contributed by atoms with Crippen molar-refractivity contribution in [1.82, 2.24) is 15.6 Å². The summed E-state index contributed by atoms with van der Waals surface area (Å²) in [5.41, 5.74) is 2.45. The molecule has 44 heavy (non-hydrogen) atoms. The molecule has 13 heteroatoms. The van der Waals surface area contributed by atoms with Crippen LogP contribution >= 0.6 is 0 Å². The van der Waals surface area contributed by atoms with Crippen molar-refractivity contribution in [2.75, 3.05) is 38.7 Å². The third kappa shape index (κ3) is 9.91. The van der Waals surface area contributed by atoms with E-state index in [1.165, 1.54) is 6.20 Å². The van der Waals surface area contributed by atoms with E-state index < -0.39 is 30.7 Å². The number of aromatic nitrogens is 1. The highest BCUT2D eigenvalue weighted by Crippen LogP contribution is 2.30. The number of anilines is 1. The molecule has 2 heterocycles. The molecule has 1 aromatic heterocycles. The van der Waals surface area contributed by atoms with Crippen LogP contribution in [0.25, 0.3) is 0 Å². The Morgan fingerprint density at radius 2 is 1.82 bits per heavy atom. The minimum absolute atomic E-state index is 0.111. The van der Waals surface area contributed by atoms with Gasteiger partial charge in [-0.25, -0.2) is 9.18 Å². The maximum absolute atomic E-state index is 14.9. The summed E-state index contributed by atoms with van der Waals surface area (Å²) >= 11 is 0. The summed E-state index contributed by atoms with van der Waals surface area (Å²) in [6.07, 6.45) is -2.74. The van der Waals surface area contributed by atoms with Crippen molar-refractivity contribution in [2.24, 2.45) is 0 Å². The molecule has 0 aliphatic carbocycles. The number of ether oxygens (including phenoxy) is 3. The average molecular weight is 619 g/mol. The largest absolute Gasteiger partial charge is 0.497 e. The van der Waals surface area contributed by atoms with Crippen LogP contribution in [0.4, 0.5) is 28.0 Å². The molecule has 236 valence electrons. The summed E-state index contributed by atoms with van der Waals surface area (Å²) in [6.45, 7) is -1.15. The number of morpholine rings is 1. The van der Waals surface area contributed by atoms with Crippen LogP contribution in [0.1, 0.15) is 35.4 Å². The minimum Gasteiger partial charge on any atom is -0.497 e. The molecule has 0 saturated carbocycles. The number of methoxy groups -OCH3 is 1. The Morgan fingerprint density at radius 3 is 2.48 bits per heavy atom. The van der Waals surface area contributed by atoms with Gasteiger partial charge in [-0.05, 0) is 36.1 Å². The van der Waals surface area contributed by atoms with Crippen molar-refractivity contribution in [3.8, 4) is 5.75 Å². The van der Waals surface area contributed by atoms with Gasteiger partial charge in [-0.2, -0.15) is 13.2 Å². The van der Waals surface area contributed by atoms with Crippen LogP contribution in [-0.2, 0) is 20.7 Å². The van der Waals surface area contributed by atoms with Crippen molar-refractivity contribution in [3.63, 3.8) is 0 Å². The van der Waals surface area contributed by atoms with Gasteiger partial charge < -0.3 is 30.2 Å². The lowest BCUT2D eigenvalue weighted by Gasteiger charge is -2.30. The summed E-state index contributed by atoms with van der Waals surface area (Å²) in [5.74, 6) is -0.409. The fraction of sp³-hybridized carbons (Fsp3) is 0.387. The van der Waals surface area contributed by atoms with Crippen LogP contribution < -0.4 is 20.7 Å². The number of hydrogen-bond donors (Lipinski definition) is 3. The van der Waals surface area contributed by atoms with Gasteiger partial charge in [0.2, 0.25) is 5.91 Å². The van der Waals surface area contributed by atoms with Gasteiger partial charge >= 0.3 is 12.3 Å². The van der Waals surface area contributed by atoms with E-state index in [1.54, 1.807) is 12.4 Å². The van der Waals surface area contributed by atoms with E-state index in [0.717, 1.165) is 17.3 Å². The molecule has 3 N–H and O–H groups in total. The molecular formula is C31H34F4N4O5. The Labute approximate surface area is 252 Å². The number of nitrogens with one attached hydrogen (secondary N) is 3. The summed E-state index contributed by atoms with van der Waals surface area (Å²) in [4.78, 5) is 28.6. The molecule has 4 rings (SSSR count). The number of halogens is 4. The average Bonchev–Trinajstić information content (AvgIpc) is 3.02. The Balaban J connectivity index is 1.31. The second-order valence-corrected chi connectivity index (χ2v) is 10.3. The van der Waals surface area contributed by atoms with Crippen LogP contribution in [-0.4, -0.2) is 68.7 Å². The summed E-state index contributed by atoms with van der Waals surface area (Å²) in [5, 5.41) is 7.59. The van der Waals surface area contributed by atoms with Gasteiger partial charge in [0.1, 0.15) is 24.7 Å². The zero-order chi connectivity index (χ0) is 31.5. The van der Waals surface area contributed by atoms with Crippen LogP contribution in [0.15, 0.2) is 67.0 Å². The molecule has 9 nitrogen and oxygen atoms in total. The minimum atomic E-state index is -4.53. The molecule has 0 unspecified atom stereocenters. The van der Waals surface area contributed by atoms with Gasteiger partial charge in [-0.1, -0.05) is 42.5 Å². The van der Waals surface area contributed by atoms with Crippen molar-refractivity contribution in [3.05, 3.63) is 89.5 Å². The number of rotatable bonds is 12. The fourth-order valence-electron chi connectivity index (χ4n) is 4.83. The lowest BCUT2D eigenvalue weighted by atomic mass is 9.88. The van der Waals surface area contributed by atoms with Gasteiger partial charge in [0, 0.05) is 24.4 Å². The normalized spacial score (nSPS) is 17.4. The first kappa shape index (κ1) is 32.7. The summed E-state index contributed by atoms with van der Waals surface area (Å²) in [7, 11) is 1.58. The lowest BCUT2D eigenvalue weighted by Crippen LogP contribution is -2.49. The molecule has 0 radical (unpaired) electrons. The van der Waals surface area contributed by atoms with E-state index in [4.69, 9.17) is 14.2 Å². The molecule has 3 aromatic rings. The maximum Gasteiger partial charge on any atom is 0.407 e. The third-order valence-electron chi connectivity index (χ3n) is 7.12. The smallest absolute Gasteiger partial charge is 0.407 e. The molecule has 0 bridgehead atoms. The quantitative estimate of drug-likeness (QED) is 0.246. The number of benzene rings is 2. The predicted molar refractivity (Wildman–Crippen MR) is 154 cm³/mol. The Bertz CT molecular complexity index is 1370. The zero-order valence-electron chi connectivity index (χ0n) is 24.0. The molecule has 1 aliphatic rings. The number of alkyl halides is 3. The number of carbonyl (C=O) groups excluding carboxylic acids is 2. The van der Waals surface area contributed by atoms with E-state index in [9.17, 15) is 27.2 Å². The molecule has 3 atom stereocenters. The second-order valence-electron chi connectivity index (χ2n) is 10.3. The predicted octanol–water partition coefficient (Wildman–Crippen LogP) is 4.97. The van der Waals surface area contributed by atoms with Gasteiger partial charge in [-0.15, -0.1) is 0 Å². The first-order valence-corrected chi connectivity index (χ1v) is 14.0. The molecule has 1 fully saturated rings. The number of alkyl carbamates (subject to hydrolysis) is 1. The van der Waals surface area contributed by atoms with Gasteiger partial charge in [-0.3, -0.25) is 9.78 Å². The van der Waals surface area contributed by atoms with E-state index in [2.05, 4.69) is 15.6 Å². The lowest BCUT2D eigenvalue weighted by molar-refractivity contribution is -0.124. The van der Waals surface area contributed by atoms with Gasteiger partial charge in [0.15, 0.2) is 0 Å². The van der Waals surface area contributed by atoms with Crippen molar-refractivity contribution >= 4 is 17.7 Å². The number of nitrogens with zero attached hydrogens (tertiary/aromatic N) is 1. The van der Waals surface area contributed by atoms with Crippen molar-refractivity contribution < 1.29 is 41.4 Å². The second kappa shape index (κ2) is 15.5. The van der Waals surface area contributed by atoms with Crippen LogP contribution in [0.2, 0.25) is 0 Å². The maximum atomic E-state index is 14.9. The van der Waals surface area contributed by atoms with E-state index in [1.807, 2.05) is 54.6 Å². The molecule has 0 spiro atoms. The van der Waals surface area contributed by atoms with E-state index in [-0.39, 0.29) is 49.7 Å². The van der Waals surface area contributed by atoms with E-state index in [0.29, 0.717) is 24.3 Å². The monoisotopic (exact) mass is 618 g/mol. The standard InChI is InChI=1S/C31H34F4N4O5/c1-42-23-9-7-21(8-10-23)26(20-5-3-2-4-6-20)13-29(40)39-28-16-36-15-27(32)25(28)12-11-24-14-37-22(17-43-24)18-44-30(41)38-19-31(33,34)35/h2-10,15-16,22,24,26,37H,11-14,17-19H2,1H3,(H,38,41)(H,39,40)/t22-,24+,26+/m0/s1. The number of amides is 2. The van der Waals surface area contributed by atoms with Gasteiger partial charge in [0.25, 0.3) is 0 Å². The first-order valence-electron chi connectivity index (χ1n) is 14.0. The molecule has 2 amide bonds. The number of pyridine rings is 1. The van der Waals surface area contributed by atoms with Crippen LogP contribution in [0.3, 0.4) is 0 Å². The topological polar surface area (TPSA) is 111 Å². The summed E-state index contributed by atoms with van der Waals surface area (Å²) < 4.78 is 67.4. The molecule has 1 aliphatic heterocycles. The number of carbonyl (C=O) groups is 2. The number of hydrogen-bond acceptors (Lipinski definition) is 7. The highest BCUT2D eigenvalue weighted by molar-refractivity contribution is 5.92. The highest BCUT2D eigenvalue weighted by atomic mass is 19.4. The van der Waals surface area contributed by atoms with Crippen LogP contribution in [0.5, 0.6) is 5.75 Å². The summed E-state index contributed by atoms with van der Waals surface area (Å²) in [6, 6.07) is 16.7. The Hall–Kier alpha value is -4.23. The SMILES string of the molecule is COc1ccc([C@H](CC(=O)Nc2cncc(F)c2CC[C@@H]2CN[C@H](COC(=O)NCC(F)(F)F)CO2)c2ccccc2)cc1. The Morgan fingerprint density at radius 1 is 1.09 bits per heavy atom. The molecule has 1 saturated heterocycles. The van der Waals surface area contributed by atoms with Gasteiger partial charge in [0.05, 0.1) is 43.9 Å².